The fourth-order valence-corrected chi connectivity index (χ4v) is 3.94. The Labute approximate surface area is 161 Å². The molecule has 0 spiro atoms. The third-order valence-electron chi connectivity index (χ3n) is 4.24. The SMILES string of the molecule is CN=C(NCc1cccc(C(=O)NCCN(C)C)c1)NCC1CCCS1. The second kappa shape index (κ2) is 11.1. The van der Waals surface area contributed by atoms with Crippen LogP contribution in [-0.4, -0.2) is 68.5 Å². The number of amides is 1. The van der Waals surface area contributed by atoms with Crippen molar-refractivity contribution < 1.29 is 4.79 Å². The number of nitrogens with one attached hydrogen (secondary N) is 3. The molecular weight excluding hydrogens is 346 g/mol. The molecule has 0 aromatic heterocycles. The highest BCUT2D eigenvalue weighted by atomic mass is 32.2. The highest BCUT2D eigenvalue weighted by Crippen LogP contribution is 2.25. The zero-order chi connectivity index (χ0) is 18.8. The first kappa shape index (κ1) is 20.6. The summed E-state index contributed by atoms with van der Waals surface area (Å²) in [6.45, 7) is 3.05. The van der Waals surface area contributed by atoms with Gasteiger partial charge in [0.25, 0.3) is 5.91 Å². The number of hydrogen-bond acceptors (Lipinski definition) is 4. The first-order valence-corrected chi connectivity index (χ1v) is 10.2. The van der Waals surface area contributed by atoms with Gasteiger partial charge in [-0.25, -0.2) is 0 Å². The van der Waals surface area contributed by atoms with Crippen LogP contribution in [0.5, 0.6) is 0 Å². The maximum absolute atomic E-state index is 12.2. The largest absolute Gasteiger partial charge is 0.355 e. The molecule has 1 aliphatic rings. The Hall–Kier alpha value is -1.73. The summed E-state index contributed by atoms with van der Waals surface area (Å²) in [5.74, 6) is 2.04. The molecule has 6 nitrogen and oxygen atoms in total. The summed E-state index contributed by atoms with van der Waals surface area (Å²) in [6.07, 6.45) is 2.59. The summed E-state index contributed by atoms with van der Waals surface area (Å²) in [4.78, 5) is 18.6. The monoisotopic (exact) mass is 377 g/mol. The van der Waals surface area contributed by atoms with Crippen molar-refractivity contribution in [3.05, 3.63) is 35.4 Å². The first-order chi connectivity index (χ1) is 12.6. The van der Waals surface area contributed by atoms with E-state index in [1.165, 1.54) is 18.6 Å². The van der Waals surface area contributed by atoms with Gasteiger partial charge >= 0.3 is 0 Å². The number of nitrogens with zero attached hydrogens (tertiary/aromatic N) is 2. The number of rotatable bonds is 8. The van der Waals surface area contributed by atoms with Crippen LogP contribution in [0.2, 0.25) is 0 Å². The minimum absolute atomic E-state index is 0.0329. The Bertz CT molecular complexity index is 599. The molecule has 0 radical (unpaired) electrons. The van der Waals surface area contributed by atoms with Crippen LogP contribution in [0, 0.1) is 0 Å². The predicted octanol–water partition coefficient (Wildman–Crippen LogP) is 1.54. The van der Waals surface area contributed by atoms with E-state index in [2.05, 4.69) is 20.9 Å². The fraction of sp³-hybridized carbons (Fsp3) is 0.579. The van der Waals surface area contributed by atoms with Crippen molar-refractivity contribution >= 4 is 23.6 Å². The molecule has 1 unspecified atom stereocenters. The number of hydrogen-bond donors (Lipinski definition) is 3. The van der Waals surface area contributed by atoms with Gasteiger partial charge in [0.2, 0.25) is 0 Å². The topological polar surface area (TPSA) is 68.8 Å². The van der Waals surface area contributed by atoms with Crippen LogP contribution in [0.1, 0.15) is 28.8 Å². The maximum Gasteiger partial charge on any atom is 0.251 e. The van der Waals surface area contributed by atoms with E-state index in [0.717, 1.165) is 24.6 Å². The third kappa shape index (κ3) is 7.25. The van der Waals surface area contributed by atoms with Crippen LogP contribution in [-0.2, 0) is 6.54 Å². The summed E-state index contributed by atoms with van der Waals surface area (Å²) < 4.78 is 0. The Morgan fingerprint density at radius 2 is 2.15 bits per heavy atom. The molecule has 1 aromatic carbocycles. The maximum atomic E-state index is 12.2. The van der Waals surface area contributed by atoms with E-state index in [-0.39, 0.29) is 5.91 Å². The smallest absolute Gasteiger partial charge is 0.251 e. The Kier molecular flexibility index (Phi) is 8.77. The number of likely N-dealkylation sites (N-methyl/N-ethyl adjacent to an activating group) is 1. The van der Waals surface area contributed by atoms with Crippen molar-refractivity contribution in [3.8, 4) is 0 Å². The Morgan fingerprint density at radius 3 is 2.85 bits per heavy atom. The average molecular weight is 378 g/mol. The molecule has 7 heteroatoms. The molecule has 1 heterocycles. The minimum Gasteiger partial charge on any atom is -0.355 e. The van der Waals surface area contributed by atoms with Crippen molar-refractivity contribution in [1.29, 1.82) is 0 Å². The van der Waals surface area contributed by atoms with E-state index in [9.17, 15) is 4.79 Å². The zero-order valence-electron chi connectivity index (χ0n) is 16.0. The molecule has 2 rings (SSSR count). The van der Waals surface area contributed by atoms with E-state index in [0.29, 0.717) is 23.9 Å². The van der Waals surface area contributed by atoms with Crippen molar-refractivity contribution in [2.45, 2.75) is 24.6 Å². The van der Waals surface area contributed by atoms with Crippen molar-refractivity contribution in [2.24, 2.45) is 4.99 Å². The molecule has 0 saturated carbocycles. The Balaban J connectivity index is 1.80. The van der Waals surface area contributed by atoms with Crippen LogP contribution >= 0.6 is 11.8 Å². The van der Waals surface area contributed by atoms with Crippen molar-refractivity contribution in [1.82, 2.24) is 20.9 Å². The van der Waals surface area contributed by atoms with Gasteiger partial charge in [0, 0.05) is 44.0 Å². The number of aliphatic imine (C=N–C) groups is 1. The molecular formula is C19H31N5OS. The molecule has 1 saturated heterocycles. The van der Waals surface area contributed by atoms with Gasteiger partial charge in [-0.3, -0.25) is 9.79 Å². The van der Waals surface area contributed by atoms with Crippen molar-refractivity contribution in [2.75, 3.05) is 46.5 Å². The molecule has 144 valence electrons. The van der Waals surface area contributed by atoms with Gasteiger partial charge in [0.1, 0.15) is 0 Å². The standard InChI is InChI=1S/C19H31N5OS/c1-20-19(23-14-17-8-5-11-26-17)22-13-15-6-4-7-16(12-15)18(25)21-9-10-24(2)3/h4,6-7,12,17H,5,8-11,13-14H2,1-3H3,(H,21,25)(H2,20,22,23). The average Bonchev–Trinajstić information content (AvgIpc) is 3.15. The number of thioether (sulfide) groups is 1. The number of carbonyl (C=O) groups excluding carboxylic acids is 1. The molecule has 1 fully saturated rings. The lowest BCUT2D eigenvalue weighted by Crippen LogP contribution is -2.39. The van der Waals surface area contributed by atoms with Gasteiger partial charge in [0.15, 0.2) is 5.96 Å². The lowest BCUT2D eigenvalue weighted by molar-refractivity contribution is 0.0951. The van der Waals surface area contributed by atoms with Crippen LogP contribution in [0.4, 0.5) is 0 Å². The lowest BCUT2D eigenvalue weighted by Gasteiger charge is -2.15. The normalized spacial score (nSPS) is 17.4. The second-order valence-corrected chi connectivity index (χ2v) is 8.11. The summed E-state index contributed by atoms with van der Waals surface area (Å²) >= 11 is 2.03. The van der Waals surface area contributed by atoms with E-state index >= 15 is 0 Å². The molecule has 3 N–H and O–H groups in total. The third-order valence-corrected chi connectivity index (χ3v) is 5.64. The highest BCUT2D eigenvalue weighted by molar-refractivity contribution is 8.00. The van der Waals surface area contributed by atoms with Crippen LogP contribution < -0.4 is 16.0 Å². The minimum atomic E-state index is -0.0329. The predicted molar refractivity (Wildman–Crippen MR) is 111 cm³/mol. The van der Waals surface area contributed by atoms with E-state index in [4.69, 9.17) is 0 Å². The lowest BCUT2D eigenvalue weighted by atomic mass is 10.1. The van der Waals surface area contributed by atoms with Crippen molar-refractivity contribution in [3.63, 3.8) is 0 Å². The number of benzene rings is 1. The highest BCUT2D eigenvalue weighted by Gasteiger charge is 2.15. The molecule has 1 amide bonds. The summed E-state index contributed by atoms with van der Waals surface area (Å²) in [5, 5.41) is 10.3. The van der Waals surface area contributed by atoms with E-state index in [1.54, 1.807) is 7.05 Å². The number of guanidine groups is 1. The molecule has 0 bridgehead atoms. The van der Waals surface area contributed by atoms with E-state index < -0.39 is 0 Å². The second-order valence-electron chi connectivity index (χ2n) is 6.70. The Morgan fingerprint density at radius 1 is 1.31 bits per heavy atom. The first-order valence-electron chi connectivity index (χ1n) is 9.16. The molecule has 0 aliphatic carbocycles. The molecule has 1 aromatic rings. The fourth-order valence-electron chi connectivity index (χ4n) is 2.74. The van der Waals surface area contributed by atoms with Gasteiger partial charge in [-0.1, -0.05) is 12.1 Å². The van der Waals surface area contributed by atoms with Gasteiger partial charge in [-0.15, -0.1) is 0 Å². The summed E-state index contributed by atoms with van der Waals surface area (Å²) in [5.41, 5.74) is 1.75. The summed E-state index contributed by atoms with van der Waals surface area (Å²) in [6, 6.07) is 7.71. The molecule has 1 aliphatic heterocycles. The quantitative estimate of drug-likeness (QED) is 0.474. The summed E-state index contributed by atoms with van der Waals surface area (Å²) in [7, 11) is 5.77. The zero-order valence-corrected chi connectivity index (χ0v) is 16.9. The van der Waals surface area contributed by atoms with Crippen LogP contribution in [0.25, 0.3) is 0 Å². The number of carbonyl (C=O) groups is 1. The van der Waals surface area contributed by atoms with Gasteiger partial charge in [0.05, 0.1) is 0 Å². The molecule has 1 atom stereocenters. The van der Waals surface area contributed by atoms with Crippen LogP contribution in [0.3, 0.4) is 0 Å². The van der Waals surface area contributed by atoms with Gasteiger partial charge in [-0.05, 0) is 50.4 Å². The molecule has 26 heavy (non-hydrogen) atoms. The van der Waals surface area contributed by atoms with E-state index in [1.807, 2.05) is 55.0 Å². The van der Waals surface area contributed by atoms with Crippen LogP contribution in [0.15, 0.2) is 29.3 Å². The van der Waals surface area contributed by atoms with Gasteiger partial charge in [-0.2, -0.15) is 11.8 Å². The van der Waals surface area contributed by atoms with Gasteiger partial charge < -0.3 is 20.9 Å².